The van der Waals surface area contributed by atoms with Crippen molar-refractivity contribution in [3.05, 3.63) is 151 Å². The summed E-state index contributed by atoms with van der Waals surface area (Å²) in [6, 6.07) is 32.8. The van der Waals surface area contributed by atoms with Gasteiger partial charge in [0.15, 0.2) is 11.6 Å². The first-order chi connectivity index (χ1) is 27.3. The van der Waals surface area contributed by atoms with E-state index in [9.17, 15) is 24.3 Å². The van der Waals surface area contributed by atoms with E-state index >= 15 is 0 Å². The Bertz CT molecular complexity index is 2340. The van der Waals surface area contributed by atoms with Crippen molar-refractivity contribution in [1.29, 1.82) is 0 Å². The number of esters is 1. The molecule has 0 radical (unpaired) electrons. The van der Waals surface area contributed by atoms with E-state index < -0.39 is 5.97 Å². The number of carboxylic acids is 1. The summed E-state index contributed by atoms with van der Waals surface area (Å²) < 4.78 is 15.7. The second-order valence-corrected chi connectivity index (χ2v) is 16.1. The van der Waals surface area contributed by atoms with E-state index in [1.54, 1.807) is 50.6 Å². The third-order valence-electron chi connectivity index (χ3n) is 8.42. The SMILES string of the molecule is COc1cccc(CC(=O)c2cc(CC(=O)O)c(-c3ccc(Cl)cc3)s2)c1.COc1cccc(CC(=O)c2cc(CC(=O)OC(C)C)c(-c3ccc(Cl)cc3)s2)c1. The number of carbonyl (C=O) groups is 4. The zero-order valence-electron chi connectivity index (χ0n) is 31.7. The molecule has 294 valence electrons. The summed E-state index contributed by atoms with van der Waals surface area (Å²) in [6.45, 7) is 3.63. The normalized spacial score (nSPS) is 10.7. The molecule has 0 amide bonds. The first kappa shape index (κ1) is 42.9. The Morgan fingerprint density at radius 2 is 1.02 bits per heavy atom. The Hall–Kier alpha value is -5.26. The second kappa shape index (κ2) is 20.2. The number of aliphatic carboxylic acids is 1. The van der Waals surface area contributed by atoms with Gasteiger partial charge in [0, 0.05) is 32.6 Å². The average Bonchev–Trinajstić information content (AvgIpc) is 3.80. The van der Waals surface area contributed by atoms with Crippen LogP contribution in [0.3, 0.4) is 0 Å². The molecule has 6 aromatic rings. The first-order valence-electron chi connectivity index (χ1n) is 17.8. The van der Waals surface area contributed by atoms with Crippen molar-refractivity contribution >= 4 is 69.4 Å². The van der Waals surface area contributed by atoms with Gasteiger partial charge in [0.25, 0.3) is 0 Å². The molecular weight excluding hydrogens is 804 g/mol. The predicted octanol–water partition coefficient (Wildman–Crippen LogP) is 11.1. The number of benzene rings is 4. The highest BCUT2D eigenvalue weighted by atomic mass is 35.5. The maximum Gasteiger partial charge on any atom is 0.310 e. The number of hydrogen-bond acceptors (Lipinski definition) is 9. The molecule has 0 bridgehead atoms. The third-order valence-corrected chi connectivity index (χ3v) is 11.5. The van der Waals surface area contributed by atoms with E-state index in [2.05, 4.69) is 0 Å². The van der Waals surface area contributed by atoms with Crippen LogP contribution in [0.1, 0.15) is 55.4 Å². The monoisotopic (exact) mass is 842 g/mol. The average molecular weight is 844 g/mol. The highest BCUT2D eigenvalue weighted by Gasteiger charge is 2.21. The summed E-state index contributed by atoms with van der Waals surface area (Å²) >= 11 is 14.7. The summed E-state index contributed by atoms with van der Waals surface area (Å²) in [6.07, 6.45) is 0.266. The number of carboxylic acid groups (broad SMARTS) is 1. The molecule has 12 heteroatoms. The smallest absolute Gasteiger partial charge is 0.310 e. The number of Topliss-reactive ketones (excluding diaryl/α,β-unsaturated/α-hetero) is 2. The van der Waals surface area contributed by atoms with Crippen LogP contribution in [0, 0.1) is 0 Å². The molecule has 4 aromatic carbocycles. The van der Waals surface area contributed by atoms with Gasteiger partial charge in [-0.2, -0.15) is 0 Å². The lowest BCUT2D eigenvalue weighted by atomic mass is 10.0. The van der Waals surface area contributed by atoms with Crippen molar-refractivity contribution in [3.63, 3.8) is 0 Å². The molecule has 2 aromatic heterocycles. The number of hydrogen-bond donors (Lipinski definition) is 1. The lowest BCUT2D eigenvalue weighted by Gasteiger charge is -2.08. The summed E-state index contributed by atoms with van der Waals surface area (Å²) in [5.41, 5.74) is 4.89. The van der Waals surface area contributed by atoms with Crippen molar-refractivity contribution in [2.24, 2.45) is 0 Å². The predicted molar refractivity (Wildman–Crippen MR) is 228 cm³/mol. The number of carbonyl (C=O) groups excluding carboxylic acids is 3. The van der Waals surface area contributed by atoms with Gasteiger partial charge in [-0.1, -0.05) is 71.7 Å². The number of ether oxygens (including phenoxy) is 3. The molecular formula is C45H40Cl2O8S2. The van der Waals surface area contributed by atoms with E-state index in [-0.39, 0.29) is 49.3 Å². The molecule has 1 N–H and O–H groups in total. The highest BCUT2D eigenvalue weighted by molar-refractivity contribution is 7.18. The molecule has 0 saturated carbocycles. The Balaban J connectivity index is 0.000000219. The van der Waals surface area contributed by atoms with Crippen LogP contribution in [0.5, 0.6) is 11.5 Å². The fourth-order valence-electron chi connectivity index (χ4n) is 5.82. The van der Waals surface area contributed by atoms with E-state index in [0.717, 1.165) is 37.6 Å². The van der Waals surface area contributed by atoms with Crippen LogP contribution in [0.15, 0.2) is 109 Å². The fraction of sp³-hybridized carbons (Fsp3) is 0.200. The molecule has 0 saturated heterocycles. The van der Waals surface area contributed by atoms with Crippen LogP contribution in [-0.2, 0) is 40.0 Å². The lowest BCUT2D eigenvalue weighted by Crippen LogP contribution is -2.13. The van der Waals surface area contributed by atoms with Gasteiger partial charge in [0.05, 0.1) is 42.9 Å². The summed E-state index contributed by atoms with van der Waals surface area (Å²) in [5.74, 6) is 0.0945. The van der Waals surface area contributed by atoms with Gasteiger partial charge >= 0.3 is 11.9 Å². The van der Waals surface area contributed by atoms with E-state index in [4.69, 9.17) is 37.4 Å². The van der Waals surface area contributed by atoms with Gasteiger partial charge in [-0.15, -0.1) is 22.7 Å². The molecule has 6 rings (SSSR count). The number of rotatable bonds is 15. The first-order valence-corrected chi connectivity index (χ1v) is 20.2. The minimum absolute atomic E-state index is 0.00746. The van der Waals surface area contributed by atoms with Gasteiger partial charge in [-0.05, 0) is 108 Å². The summed E-state index contributed by atoms with van der Waals surface area (Å²) in [7, 11) is 3.18. The standard InChI is InChI=1S/C24H23ClO4S.C21H17ClO4S/c1-15(2)29-23(27)14-18-13-22(30-24(18)17-7-9-19(25)10-8-17)21(26)12-16-5-4-6-20(11-16)28-3;1-26-17-4-2-3-13(9-17)10-18(23)19-11-15(12-20(24)25)21(27-19)14-5-7-16(22)8-6-14/h4-11,13,15H,12,14H2,1-3H3;2-9,11H,10,12H2,1H3,(H,24,25). The van der Waals surface area contributed by atoms with E-state index in [1.807, 2.05) is 86.6 Å². The molecule has 0 unspecified atom stereocenters. The maximum absolute atomic E-state index is 13.0. The Kier molecular flexibility index (Phi) is 15.2. The zero-order chi connectivity index (χ0) is 41.1. The summed E-state index contributed by atoms with van der Waals surface area (Å²) in [4.78, 5) is 52.0. The van der Waals surface area contributed by atoms with Crippen molar-refractivity contribution < 1.29 is 38.5 Å². The minimum Gasteiger partial charge on any atom is -0.497 e. The zero-order valence-corrected chi connectivity index (χ0v) is 34.8. The van der Waals surface area contributed by atoms with Crippen molar-refractivity contribution in [1.82, 2.24) is 0 Å². The molecule has 0 spiro atoms. The molecule has 57 heavy (non-hydrogen) atoms. The quantitative estimate of drug-likeness (QED) is 0.0802. The molecule has 0 aliphatic carbocycles. The Morgan fingerprint density at radius 3 is 1.40 bits per heavy atom. The van der Waals surface area contributed by atoms with Crippen LogP contribution < -0.4 is 9.47 Å². The Labute approximate surface area is 349 Å². The van der Waals surface area contributed by atoms with Gasteiger partial charge in [-0.25, -0.2) is 0 Å². The van der Waals surface area contributed by atoms with Crippen molar-refractivity contribution in [2.75, 3.05) is 14.2 Å². The van der Waals surface area contributed by atoms with Crippen LogP contribution in [0.2, 0.25) is 10.0 Å². The number of halogens is 2. The largest absolute Gasteiger partial charge is 0.497 e. The van der Waals surface area contributed by atoms with Crippen LogP contribution in [-0.4, -0.2) is 48.9 Å². The van der Waals surface area contributed by atoms with E-state index in [1.165, 1.54) is 22.7 Å². The van der Waals surface area contributed by atoms with Gasteiger partial charge in [-0.3, -0.25) is 19.2 Å². The van der Waals surface area contributed by atoms with Crippen LogP contribution >= 0.6 is 45.9 Å². The topological polar surface area (TPSA) is 116 Å². The molecule has 0 atom stereocenters. The van der Waals surface area contributed by atoms with Gasteiger partial charge in [0.1, 0.15) is 11.5 Å². The molecule has 0 aliphatic heterocycles. The van der Waals surface area contributed by atoms with Gasteiger partial charge < -0.3 is 19.3 Å². The molecule has 0 fully saturated rings. The number of thiophene rings is 2. The number of methoxy groups -OCH3 is 2. The third kappa shape index (κ3) is 12.4. The highest BCUT2D eigenvalue weighted by Crippen LogP contribution is 2.36. The van der Waals surface area contributed by atoms with Gasteiger partial charge in [0.2, 0.25) is 0 Å². The molecule has 8 nitrogen and oxygen atoms in total. The summed E-state index contributed by atoms with van der Waals surface area (Å²) in [5, 5.41) is 10.4. The molecule has 2 heterocycles. The number of ketones is 2. The molecule has 0 aliphatic rings. The van der Waals surface area contributed by atoms with Crippen molar-refractivity contribution in [3.8, 4) is 32.4 Å². The Morgan fingerprint density at radius 1 is 0.596 bits per heavy atom. The van der Waals surface area contributed by atoms with Crippen LogP contribution in [0.25, 0.3) is 20.9 Å². The fourth-order valence-corrected chi connectivity index (χ4v) is 8.32. The van der Waals surface area contributed by atoms with E-state index in [0.29, 0.717) is 36.9 Å². The second-order valence-electron chi connectivity index (χ2n) is 13.1. The van der Waals surface area contributed by atoms with Crippen molar-refractivity contribution in [2.45, 2.75) is 45.6 Å². The minimum atomic E-state index is -0.935. The maximum atomic E-state index is 13.0. The lowest BCUT2D eigenvalue weighted by molar-refractivity contribution is -0.146. The van der Waals surface area contributed by atoms with Crippen LogP contribution in [0.4, 0.5) is 0 Å².